The third kappa shape index (κ3) is 2.96. The second-order valence-corrected chi connectivity index (χ2v) is 4.59. The van der Waals surface area contributed by atoms with Crippen LogP contribution in [-0.2, 0) is 12.8 Å². The Morgan fingerprint density at radius 2 is 1.85 bits per heavy atom. The molecule has 2 rings (SSSR count). The van der Waals surface area contributed by atoms with Gasteiger partial charge in [-0.05, 0) is 36.1 Å². The number of carbonyl (C=O) groups excluding carboxylic acids is 1. The summed E-state index contributed by atoms with van der Waals surface area (Å²) in [6, 6.07) is 9.32. The number of nitrogen functional groups attached to an aromatic ring is 1. The molecule has 0 fully saturated rings. The zero-order valence-corrected chi connectivity index (χ0v) is 11.8. The maximum absolute atomic E-state index is 12.3. The third-order valence-corrected chi connectivity index (χ3v) is 3.25. The highest BCUT2D eigenvalue weighted by Crippen LogP contribution is 2.23. The average Bonchev–Trinajstić information content (AvgIpc) is 2.47. The Bertz CT molecular complexity index is 601. The van der Waals surface area contributed by atoms with Crippen LogP contribution >= 0.6 is 0 Å². The summed E-state index contributed by atoms with van der Waals surface area (Å²) in [6.07, 6.45) is 3.28. The van der Waals surface area contributed by atoms with E-state index >= 15 is 0 Å². The van der Waals surface area contributed by atoms with Crippen molar-refractivity contribution in [1.29, 1.82) is 0 Å². The Morgan fingerprint density at radius 1 is 1.20 bits per heavy atom. The lowest BCUT2D eigenvalue weighted by molar-refractivity contribution is 0.102. The van der Waals surface area contributed by atoms with Crippen molar-refractivity contribution in [2.75, 3.05) is 11.1 Å². The first-order valence-electron chi connectivity index (χ1n) is 6.79. The van der Waals surface area contributed by atoms with E-state index < -0.39 is 0 Å². The molecule has 0 aliphatic heterocycles. The van der Waals surface area contributed by atoms with Gasteiger partial charge < -0.3 is 11.1 Å². The minimum Gasteiger partial charge on any atom is -0.399 e. The van der Waals surface area contributed by atoms with Crippen LogP contribution in [0.25, 0.3) is 0 Å². The molecule has 1 heterocycles. The predicted molar refractivity (Wildman–Crippen MR) is 81.8 cm³/mol. The first-order valence-corrected chi connectivity index (χ1v) is 6.79. The predicted octanol–water partition coefficient (Wildman–Crippen LogP) is 3.04. The number of para-hydroxylation sites is 1. The molecule has 0 radical (unpaired) electrons. The van der Waals surface area contributed by atoms with Gasteiger partial charge in [0.2, 0.25) is 0 Å². The van der Waals surface area contributed by atoms with E-state index in [4.69, 9.17) is 5.73 Å². The number of nitrogens with two attached hydrogens (primary N) is 1. The minimum atomic E-state index is -0.229. The molecule has 4 nitrogen and oxygen atoms in total. The average molecular weight is 269 g/mol. The molecule has 1 aromatic carbocycles. The molecule has 20 heavy (non-hydrogen) atoms. The third-order valence-electron chi connectivity index (χ3n) is 3.25. The monoisotopic (exact) mass is 269 g/mol. The largest absolute Gasteiger partial charge is 0.399 e. The number of pyridine rings is 1. The molecular weight excluding hydrogens is 250 g/mol. The highest BCUT2D eigenvalue weighted by atomic mass is 16.1. The van der Waals surface area contributed by atoms with Gasteiger partial charge in [0, 0.05) is 17.6 Å². The van der Waals surface area contributed by atoms with E-state index in [2.05, 4.69) is 24.1 Å². The van der Waals surface area contributed by atoms with E-state index in [0.29, 0.717) is 11.4 Å². The van der Waals surface area contributed by atoms with Crippen LogP contribution in [0.4, 0.5) is 11.4 Å². The van der Waals surface area contributed by atoms with Crippen LogP contribution in [0, 0.1) is 0 Å². The van der Waals surface area contributed by atoms with E-state index in [1.165, 1.54) is 6.20 Å². The Morgan fingerprint density at radius 3 is 2.40 bits per heavy atom. The molecule has 0 aliphatic carbocycles. The summed E-state index contributed by atoms with van der Waals surface area (Å²) in [6.45, 7) is 4.15. The number of anilines is 2. The van der Waals surface area contributed by atoms with Crippen molar-refractivity contribution >= 4 is 17.3 Å². The van der Waals surface area contributed by atoms with E-state index in [-0.39, 0.29) is 5.91 Å². The molecule has 2 aromatic rings. The van der Waals surface area contributed by atoms with Crippen molar-refractivity contribution in [1.82, 2.24) is 4.98 Å². The van der Waals surface area contributed by atoms with Gasteiger partial charge in [0.25, 0.3) is 5.91 Å². The van der Waals surface area contributed by atoms with Crippen LogP contribution in [-0.4, -0.2) is 10.9 Å². The first-order chi connectivity index (χ1) is 9.65. The zero-order valence-electron chi connectivity index (χ0n) is 11.8. The van der Waals surface area contributed by atoms with Gasteiger partial charge in [-0.15, -0.1) is 0 Å². The minimum absolute atomic E-state index is 0.229. The Hall–Kier alpha value is -2.36. The lowest BCUT2D eigenvalue weighted by atomic mass is 10.0. The molecule has 1 aromatic heterocycles. The van der Waals surface area contributed by atoms with Crippen LogP contribution < -0.4 is 11.1 Å². The summed E-state index contributed by atoms with van der Waals surface area (Å²) in [5, 5.41) is 2.97. The summed E-state index contributed by atoms with van der Waals surface area (Å²) >= 11 is 0. The molecule has 0 unspecified atom stereocenters. The van der Waals surface area contributed by atoms with Gasteiger partial charge in [-0.3, -0.25) is 9.78 Å². The SMILES string of the molecule is CCc1cccc(CC)c1NC(=O)c1cc(N)ccn1. The molecule has 0 saturated heterocycles. The summed E-state index contributed by atoms with van der Waals surface area (Å²) < 4.78 is 0. The number of carbonyl (C=O) groups is 1. The molecular formula is C16H19N3O. The first kappa shape index (κ1) is 14.1. The van der Waals surface area contributed by atoms with Gasteiger partial charge in [0.1, 0.15) is 5.69 Å². The lowest BCUT2D eigenvalue weighted by Crippen LogP contribution is -2.16. The maximum Gasteiger partial charge on any atom is 0.274 e. The highest BCUT2D eigenvalue weighted by molar-refractivity contribution is 6.04. The van der Waals surface area contributed by atoms with Gasteiger partial charge in [-0.2, -0.15) is 0 Å². The normalized spacial score (nSPS) is 10.3. The summed E-state index contributed by atoms with van der Waals surface area (Å²) in [7, 11) is 0. The van der Waals surface area contributed by atoms with Crippen molar-refractivity contribution in [3.8, 4) is 0 Å². The topological polar surface area (TPSA) is 68.0 Å². The quantitative estimate of drug-likeness (QED) is 0.896. The molecule has 0 bridgehead atoms. The van der Waals surface area contributed by atoms with Crippen molar-refractivity contribution < 1.29 is 4.79 Å². The van der Waals surface area contributed by atoms with Gasteiger partial charge >= 0.3 is 0 Å². The Kier molecular flexibility index (Phi) is 4.35. The van der Waals surface area contributed by atoms with E-state index in [1.54, 1.807) is 12.1 Å². The van der Waals surface area contributed by atoms with Crippen molar-refractivity contribution in [3.63, 3.8) is 0 Å². The maximum atomic E-state index is 12.3. The van der Waals surface area contributed by atoms with E-state index in [0.717, 1.165) is 29.7 Å². The lowest BCUT2D eigenvalue weighted by Gasteiger charge is -2.14. The second kappa shape index (κ2) is 6.19. The standard InChI is InChI=1S/C16H19N3O/c1-3-11-6-5-7-12(4-2)15(11)19-16(20)14-10-13(17)8-9-18-14/h5-10H,3-4H2,1-2H3,(H2,17,18)(H,19,20). The molecule has 0 spiro atoms. The van der Waals surface area contributed by atoms with Crippen LogP contribution in [0.15, 0.2) is 36.5 Å². The number of hydrogen-bond acceptors (Lipinski definition) is 3. The van der Waals surface area contributed by atoms with Gasteiger partial charge in [-0.1, -0.05) is 32.0 Å². The van der Waals surface area contributed by atoms with E-state index in [1.807, 2.05) is 18.2 Å². The molecule has 0 saturated carbocycles. The second-order valence-electron chi connectivity index (χ2n) is 4.59. The Balaban J connectivity index is 2.32. The molecule has 3 N–H and O–H groups in total. The smallest absolute Gasteiger partial charge is 0.274 e. The van der Waals surface area contributed by atoms with Crippen LogP contribution in [0.3, 0.4) is 0 Å². The van der Waals surface area contributed by atoms with Crippen molar-refractivity contribution in [3.05, 3.63) is 53.3 Å². The van der Waals surface area contributed by atoms with Crippen molar-refractivity contribution in [2.45, 2.75) is 26.7 Å². The zero-order chi connectivity index (χ0) is 14.5. The number of rotatable bonds is 4. The van der Waals surface area contributed by atoms with Crippen molar-refractivity contribution in [2.24, 2.45) is 0 Å². The number of aryl methyl sites for hydroxylation is 2. The highest BCUT2D eigenvalue weighted by Gasteiger charge is 2.12. The molecule has 4 heteroatoms. The number of nitrogens with zero attached hydrogens (tertiary/aromatic N) is 1. The van der Waals surface area contributed by atoms with Gasteiger partial charge in [0.05, 0.1) is 0 Å². The fourth-order valence-electron chi connectivity index (χ4n) is 2.15. The fraction of sp³-hybridized carbons (Fsp3) is 0.250. The van der Waals surface area contributed by atoms with Gasteiger partial charge in [0.15, 0.2) is 0 Å². The molecule has 0 atom stereocenters. The molecule has 1 amide bonds. The summed E-state index contributed by atoms with van der Waals surface area (Å²) in [5.74, 6) is -0.229. The van der Waals surface area contributed by atoms with Crippen LogP contribution in [0.2, 0.25) is 0 Å². The summed E-state index contributed by atoms with van der Waals surface area (Å²) in [5.41, 5.74) is 9.69. The van der Waals surface area contributed by atoms with Crippen LogP contribution in [0.1, 0.15) is 35.5 Å². The molecule has 0 aliphatic rings. The number of amides is 1. The molecule has 104 valence electrons. The fourth-order valence-corrected chi connectivity index (χ4v) is 2.15. The van der Waals surface area contributed by atoms with Gasteiger partial charge in [-0.25, -0.2) is 0 Å². The number of benzene rings is 1. The summed E-state index contributed by atoms with van der Waals surface area (Å²) in [4.78, 5) is 16.3. The Labute approximate surface area is 119 Å². The number of aromatic nitrogens is 1. The number of hydrogen-bond donors (Lipinski definition) is 2. The van der Waals surface area contributed by atoms with E-state index in [9.17, 15) is 4.79 Å². The number of nitrogens with one attached hydrogen (secondary N) is 1. The van der Waals surface area contributed by atoms with Crippen LogP contribution in [0.5, 0.6) is 0 Å².